The molecule has 6 heteroatoms. The van der Waals surface area contributed by atoms with Gasteiger partial charge in [0, 0.05) is 5.56 Å². The SMILES string of the molecule is CCCOc1ccc(C=C(NC(=O)c2ccccc2)C(=O)NN=Cc2ccc(C(C)(C)C)cc2)cc1. The molecule has 0 aliphatic heterocycles. The molecular weight excluding hydrogens is 450 g/mol. The van der Waals surface area contributed by atoms with E-state index >= 15 is 0 Å². The standard InChI is InChI=1S/C30H33N3O3/c1-5-19-36-26-17-13-22(14-18-26)20-27(32-28(34)24-9-7-6-8-10-24)29(35)33-31-21-23-11-15-25(16-12-23)30(2,3)4/h6-18,20-21H,5,19H2,1-4H3,(H,32,34)(H,33,35). The summed E-state index contributed by atoms with van der Waals surface area (Å²) < 4.78 is 5.62. The Labute approximate surface area is 213 Å². The van der Waals surface area contributed by atoms with Crippen LogP contribution < -0.4 is 15.5 Å². The zero-order chi connectivity index (χ0) is 26.0. The van der Waals surface area contributed by atoms with E-state index < -0.39 is 5.91 Å². The number of amides is 2. The molecule has 0 bridgehead atoms. The maximum Gasteiger partial charge on any atom is 0.287 e. The Kier molecular flexibility index (Phi) is 9.17. The smallest absolute Gasteiger partial charge is 0.287 e. The summed E-state index contributed by atoms with van der Waals surface area (Å²) in [7, 11) is 0. The van der Waals surface area contributed by atoms with E-state index in [9.17, 15) is 9.59 Å². The maximum atomic E-state index is 13.0. The third-order valence-corrected chi connectivity index (χ3v) is 5.35. The number of benzene rings is 3. The lowest BCUT2D eigenvalue weighted by atomic mass is 9.87. The van der Waals surface area contributed by atoms with Gasteiger partial charge < -0.3 is 10.1 Å². The Morgan fingerprint density at radius 2 is 1.53 bits per heavy atom. The normalized spacial score (nSPS) is 11.8. The second kappa shape index (κ2) is 12.5. The predicted molar refractivity (Wildman–Crippen MR) is 145 cm³/mol. The lowest BCUT2D eigenvalue weighted by molar-refractivity contribution is -0.117. The van der Waals surface area contributed by atoms with Crippen LogP contribution in [0.2, 0.25) is 0 Å². The molecule has 0 atom stereocenters. The Hall–Kier alpha value is -4.19. The van der Waals surface area contributed by atoms with Crippen LogP contribution >= 0.6 is 0 Å². The van der Waals surface area contributed by atoms with Crippen molar-refractivity contribution in [3.63, 3.8) is 0 Å². The van der Waals surface area contributed by atoms with E-state index in [4.69, 9.17) is 4.74 Å². The number of carbonyl (C=O) groups excluding carboxylic acids is 2. The van der Waals surface area contributed by atoms with Crippen molar-refractivity contribution >= 4 is 24.1 Å². The van der Waals surface area contributed by atoms with Gasteiger partial charge in [0.2, 0.25) is 0 Å². The summed E-state index contributed by atoms with van der Waals surface area (Å²) in [5.41, 5.74) is 5.89. The molecule has 0 radical (unpaired) electrons. The topological polar surface area (TPSA) is 79.8 Å². The summed E-state index contributed by atoms with van der Waals surface area (Å²) in [5.74, 6) is -0.176. The second-order valence-corrected chi connectivity index (χ2v) is 9.37. The fraction of sp³-hybridized carbons (Fsp3) is 0.233. The summed E-state index contributed by atoms with van der Waals surface area (Å²) in [4.78, 5) is 25.7. The van der Waals surface area contributed by atoms with Crippen molar-refractivity contribution in [1.29, 1.82) is 0 Å². The van der Waals surface area contributed by atoms with Gasteiger partial charge in [-0.15, -0.1) is 0 Å². The van der Waals surface area contributed by atoms with E-state index in [0.29, 0.717) is 12.2 Å². The van der Waals surface area contributed by atoms with Gasteiger partial charge >= 0.3 is 0 Å². The van der Waals surface area contributed by atoms with Crippen LogP contribution in [0.5, 0.6) is 5.75 Å². The van der Waals surface area contributed by atoms with Crippen LogP contribution in [0.1, 0.15) is 61.2 Å². The number of hydrazone groups is 1. The summed E-state index contributed by atoms with van der Waals surface area (Å²) in [5, 5.41) is 6.80. The number of rotatable bonds is 9. The minimum atomic E-state index is -0.534. The lowest BCUT2D eigenvalue weighted by Gasteiger charge is -2.18. The van der Waals surface area contributed by atoms with Gasteiger partial charge in [-0.1, -0.05) is 82.3 Å². The highest BCUT2D eigenvalue weighted by atomic mass is 16.5. The van der Waals surface area contributed by atoms with Crippen molar-refractivity contribution < 1.29 is 14.3 Å². The van der Waals surface area contributed by atoms with Crippen molar-refractivity contribution in [3.8, 4) is 5.75 Å². The van der Waals surface area contributed by atoms with Crippen molar-refractivity contribution in [2.24, 2.45) is 5.10 Å². The van der Waals surface area contributed by atoms with Crippen LogP contribution in [0.4, 0.5) is 0 Å². The lowest BCUT2D eigenvalue weighted by Crippen LogP contribution is -2.32. The van der Waals surface area contributed by atoms with Crippen molar-refractivity contribution in [1.82, 2.24) is 10.7 Å². The highest BCUT2D eigenvalue weighted by Gasteiger charge is 2.15. The molecule has 186 valence electrons. The van der Waals surface area contributed by atoms with Crippen molar-refractivity contribution in [2.45, 2.75) is 39.5 Å². The van der Waals surface area contributed by atoms with E-state index in [2.05, 4.69) is 36.6 Å². The molecule has 0 aliphatic rings. The molecule has 0 saturated carbocycles. The first-order valence-electron chi connectivity index (χ1n) is 12.0. The van der Waals surface area contributed by atoms with Crippen LogP contribution in [0, 0.1) is 0 Å². The van der Waals surface area contributed by atoms with Gasteiger partial charge in [-0.05, 0) is 58.9 Å². The highest BCUT2D eigenvalue weighted by molar-refractivity contribution is 6.05. The van der Waals surface area contributed by atoms with Gasteiger partial charge in [0.25, 0.3) is 11.8 Å². The molecule has 36 heavy (non-hydrogen) atoms. The first-order valence-corrected chi connectivity index (χ1v) is 12.0. The maximum absolute atomic E-state index is 13.0. The molecule has 0 spiro atoms. The zero-order valence-electron chi connectivity index (χ0n) is 21.2. The predicted octanol–water partition coefficient (Wildman–Crippen LogP) is 5.69. The molecule has 0 aromatic heterocycles. The Bertz CT molecular complexity index is 1210. The minimum absolute atomic E-state index is 0.0564. The molecular formula is C30H33N3O3. The molecule has 2 amide bonds. The molecule has 3 aromatic carbocycles. The van der Waals surface area contributed by atoms with Gasteiger partial charge in [0.05, 0.1) is 12.8 Å². The van der Waals surface area contributed by atoms with Gasteiger partial charge in [-0.2, -0.15) is 5.10 Å². The fourth-order valence-electron chi connectivity index (χ4n) is 3.28. The molecule has 0 fully saturated rings. The second-order valence-electron chi connectivity index (χ2n) is 9.37. The third-order valence-electron chi connectivity index (χ3n) is 5.35. The summed E-state index contributed by atoms with van der Waals surface area (Å²) >= 11 is 0. The molecule has 3 rings (SSSR count). The van der Waals surface area contributed by atoms with Crippen molar-refractivity contribution in [2.75, 3.05) is 6.61 Å². The quantitative estimate of drug-likeness (QED) is 0.233. The number of hydrogen-bond acceptors (Lipinski definition) is 4. The minimum Gasteiger partial charge on any atom is -0.494 e. The summed E-state index contributed by atoms with van der Waals surface area (Å²) in [6, 6.07) is 24.0. The number of nitrogens with zero attached hydrogens (tertiary/aromatic N) is 1. The monoisotopic (exact) mass is 483 g/mol. The van der Waals surface area contributed by atoms with E-state index in [-0.39, 0.29) is 17.0 Å². The van der Waals surface area contributed by atoms with E-state index in [1.807, 2.05) is 61.5 Å². The van der Waals surface area contributed by atoms with Gasteiger partial charge in [-0.25, -0.2) is 5.43 Å². The highest BCUT2D eigenvalue weighted by Crippen LogP contribution is 2.21. The fourth-order valence-corrected chi connectivity index (χ4v) is 3.28. The van der Waals surface area contributed by atoms with Crippen LogP contribution in [0.3, 0.4) is 0 Å². The Morgan fingerprint density at radius 1 is 0.889 bits per heavy atom. The molecule has 0 aliphatic carbocycles. The number of hydrogen-bond donors (Lipinski definition) is 2. The van der Waals surface area contributed by atoms with Gasteiger partial charge in [0.1, 0.15) is 11.4 Å². The van der Waals surface area contributed by atoms with Gasteiger partial charge in [-0.3, -0.25) is 9.59 Å². The number of nitrogens with one attached hydrogen (secondary N) is 2. The average Bonchev–Trinajstić information content (AvgIpc) is 2.88. The van der Waals surface area contributed by atoms with E-state index in [0.717, 1.165) is 23.3 Å². The number of carbonyl (C=O) groups is 2. The largest absolute Gasteiger partial charge is 0.494 e. The zero-order valence-corrected chi connectivity index (χ0v) is 21.2. The Balaban J connectivity index is 1.76. The first-order chi connectivity index (χ1) is 17.3. The van der Waals surface area contributed by atoms with Crippen LogP contribution in [-0.4, -0.2) is 24.6 Å². The summed E-state index contributed by atoms with van der Waals surface area (Å²) in [6.45, 7) is 9.13. The van der Waals surface area contributed by atoms with Gasteiger partial charge in [0.15, 0.2) is 0 Å². The number of ether oxygens (including phenoxy) is 1. The van der Waals surface area contributed by atoms with Crippen molar-refractivity contribution in [3.05, 3.63) is 107 Å². The van der Waals surface area contributed by atoms with Crippen LogP contribution in [0.25, 0.3) is 6.08 Å². The Morgan fingerprint density at radius 3 is 2.14 bits per heavy atom. The molecule has 0 saturated heterocycles. The van der Waals surface area contributed by atoms with E-state index in [1.54, 1.807) is 36.6 Å². The van der Waals surface area contributed by atoms with Crippen LogP contribution in [-0.2, 0) is 10.2 Å². The summed E-state index contributed by atoms with van der Waals surface area (Å²) in [6.07, 6.45) is 4.09. The molecule has 2 N–H and O–H groups in total. The third kappa shape index (κ3) is 7.94. The van der Waals surface area contributed by atoms with E-state index in [1.165, 1.54) is 5.56 Å². The molecule has 6 nitrogen and oxygen atoms in total. The molecule has 0 unspecified atom stereocenters. The first kappa shape index (κ1) is 26.4. The molecule has 0 heterocycles. The van der Waals surface area contributed by atoms with Crippen LogP contribution in [0.15, 0.2) is 89.7 Å². The molecule has 3 aromatic rings. The average molecular weight is 484 g/mol.